The number of methoxy groups -OCH3 is 1. The molecular formula is C29H40FN3O4. The minimum absolute atomic E-state index is 0.00497. The predicted molar refractivity (Wildman–Crippen MR) is 142 cm³/mol. The van der Waals surface area contributed by atoms with Crippen LogP contribution in [0.2, 0.25) is 0 Å². The Kier molecular flexibility index (Phi) is 9.38. The minimum Gasteiger partial charge on any atom is -0.493 e. The molecule has 1 aromatic carbocycles. The Morgan fingerprint density at radius 3 is 2.86 bits per heavy atom. The van der Waals surface area contributed by atoms with E-state index in [1.165, 1.54) is 25.2 Å². The smallest absolute Gasteiger partial charge is 0.325 e. The molecule has 0 bridgehead atoms. The van der Waals surface area contributed by atoms with Crippen molar-refractivity contribution in [2.75, 3.05) is 38.7 Å². The monoisotopic (exact) mass is 513 g/mol. The molecule has 8 heteroatoms. The summed E-state index contributed by atoms with van der Waals surface area (Å²) in [4.78, 5) is 18.9. The number of aromatic nitrogens is 1. The lowest BCUT2D eigenvalue weighted by Crippen LogP contribution is -2.34. The summed E-state index contributed by atoms with van der Waals surface area (Å²) in [6.07, 6.45) is 7.03. The molecule has 3 heterocycles. The van der Waals surface area contributed by atoms with Crippen molar-refractivity contribution < 1.29 is 23.8 Å². The fourth-order valence-electron chi connectivity index (χ4n) is 5.34. The first-order valence-electron chi connectivity index (χ1n) is 13.6. The van der Waals surface area contributed by atoms with Crippen LogP contribution in [0, 0.1) is 5.82 Å². The number of fused-ring (bicyclic) bond motifs is 1. The number of nitrogens with one attached hydrogen (secondary N) is 1. The van der Waals surface area contributed by atoms with Gasteiger partial charge in [0.05, 0.1) is 13.2 Å². The number of hydrogen-bond donors (Lipinski definition) is 2. The lowest BCUT2D eigenvalue weighted by atomic mass is 9.95. The molecule has 0 aliphatic carbocycles. The topological polar surface area (TPSA) is 83.9 Å². The molecule has 37 heavy (non-hydrogen) atoms. The number of carboxylic acids is 1. The minimum atomic E-state index is -1.01. The molecule has 2 atom stereocenters. The number of unbranched alkanes of at least 4 members (excludes halogenated alkanes) is 2. The summed E-state index contributed by atoms with van der Waals surface area (Å²) < 4.78 is 26.1. The van der Waals surface area contributed by atoms with Crippen molar-refractivity contribution in [3.63, 3.8) is 0 Å². The van der Waals surface area contributed by atoms with Crippen LogP contribution in [-0.2, 0) is 22.4 Å². The lowest BCUT2D eigenvalue weighted by molar-refractivity contribution is -0.143. The van der Waals surface area contributed by atoms with E-state index in [0.717, 1.165) is 62.1 Å². The van der Waals surface area contributed by atoms with E-state index >= 15 is 0 Å². The first-order valence-corrected chi connectivity index (χ1v) is 13.6. The van der Waals surface area contributed by atoms with E-state index in [1.54, 1.807) is 6.07 Å². The Morgan fingerprint density at radius 2 is 2.11 bits per heavy atom. The fourth-order valence-corrected chi connectivity index (χ4v) is 5.34. The number of rotatable bonds is 12. The van der Waals surface area contributed by atoms with Crippen LogP contribution < -0.4 is 10.1 Å². The number of halogens is 1. The number of carboxylic acid groups (broad SMARTS) is 1. The third kappa shape index (κ3) is 6.79. The highest BCUT2D eigenvalue weighted by Gasteiger charge is 2.36. The molecule has 2 N–H and O–H groups in total. The standard InChI is InChI=1S/C29H40FN3O4/c1-19(2)21-16-24(27(36-3)25(30)17-21)26(29(34)35)33-14-12-23(18-33)37-15-6-4-5-9-22-11-10-20-8-7-13-31-28(20)32-22/h10-11,16-17,19,23,26H,4-9,12-15,18H2,1-3H3,(H,31,32)(H,34,35). The zero-order chi connectivity index (χ0) is 26.4. The van der Waals surface area contributed by atoms with Crippen molar-refractivity contribution >= 4 is 11.8 Å². The molecule has 202 valence electrons. The van der Waals surface area contributed by atoms with Gasteiger partial charge in [-0.05, 0) is 73.8 Å². The van der Waals surface area contributed by atoms with Gasteiger partial charge in [0.2, 0.25) is 0 Å². The van der Waals surface area contributed by atoms with Gasteiger partial charge in [-0.2, -0.15) is 0 Å². The summed E-state index contributed by atoms with van der Waals surface area (Å²) in [5, 5.41) is 13.5. The van der Waals surface area contributed by atoms with Gasteiger partial charge >= 0.3 is 5.97 Å². The fraction of sp³-hybridized carbons (Fsp3) is 0.586. The molecular weight excluding hydrogens is 473 g/mol. The van der Waals surface area contributed by atoms with Crippen LogP contribution in [-0.4, -0.2) is 60.4 Å². The maximum absolute atomic E-state index is 14.7. The summed E-state index contributed by atoms with van der Waals surface area (Å²) in [6, 6.07) is 6.57. The van der Waals surface area contributed by atoms with Gasteiger partial charge in [0.1, 0.15) is 11.9 Å². The van der Waals surface area contributed by atoms with Gasteiger partial charge in [-0.25, -0.2) is 9.37 Å². The average Bonchev–Trinajstić information content (AvgIpc) is 3.33. The van der Waals surface area contributed by atoms with Crippen molar-refractivity contribution in [2.24, 2.45) is 0 Å². The Balaban J connectivity index is 1.25. The van der Waals surface area contributed by atoms with E-state index < -0.39 is 17.8 Å². The van der Waals surface area contributed by atoms with Crippen LogP contribution in [0.25, 0.3) is 0 Å². The Morgan fingerprint density at radius 1 is 1.27 bits per heavy atom. The number of ether oxygens (including phenoxy) is 2. The van der Waals surface area contributed by atoms with Gasteiger partial charge in [0.15, 0.2) is 11.6 Å². The highest BCUT2D eigenvalue weighted by Crippen LogP contribution is 2.37. The summed E-state index contributed by atoms with van der Waals surface area (Å²) in [6.45, 7) is 6.65. The number of pyridine rings is 1. The molecule has 0 saturated carbocycles. The van der Waals surface area contributed by atoms with Crippen LogP contribution in [0.15, 0.2) is 24.3 Å². The van der Waals surface area contributed by atoms with E-state index in [0.29, 0.717) is 25.3 Å². The van der Waals surface area contributed by atoms with Crippen LogP contribution in [0.4, 0.5) is 10.2 Å². The third-order valence-electron chi connectivity index (χ3n) is 7.42. The molecule has 0 amide bonds. The number of anilines is 1. The van der Waals surface area contributed by atoms with Crippen molar-refractivity contribution in [1.29, 1.82) is 0 Å². The molecule has 4 rings (SSSR count). The molecule has 2 aliphatic rings. The van der Waals surface area contributed by atoms with Crippen molar-refractivity contribution in [2.45, 2.75) is 76.9 Å². The quantitative estimate of drug-likeness (QED) is 0.371. The Bertz CT molecular complexity index is 1080. The summed E-state index contributed by atoms with van der Waals surface area (Å²) in [5.74, 6) is -0.406. The third-order valence-corrected chi connectivity index (χ3v) is 7.42. The zero-order valence-electron chi connectivity index (χ0n) is 22.3. The van der Waals surface area contributed by atoms with E-state index in [4.69, 9.17) is 14.5 Å². The highest BCUT2D eigenvalue weighted by molar-refractivity contribution is 5.77. The van der Waals surface area contributed by atoms with Gasteiger partial charge in [0, 0.05) is 37.5 Å². The molecule has 2 aromatic rings. The number of aryl methyl sites for hydroxylation is 2. The molecule has 1 fully saturated rings. The Hall–Kier alpha value is -2.71. The number of aliphatic carboxylic acids is 1. The van der Waals surface area contributed by atoms with Crippen molar-refractivity contribution in [1.82, 2.24) is 9.88 Å². The number of hydrogen-bond acceptors (Lipinski definition) is 6. The van der Waals surface area contributed by atoms with E-state index in [9.17, 15) is 14.3 Å². The van der Waals surface area contributed by atoms with Crippen molar-refractivity contribution in [3.05, 3.63) is 52.5 Å². The average molecular weight is 514 g/mol. The molecule has 1 saturated heterocycles. The molecule has 1 aromatic heterocycles. The maximum atomic E-state index is 14.7. The number of nitrogens with zero attached hydrogens (tertiary/aromatic N) is 2. The highest BCUT2D eigenvalue weighted by atomic mass is 19.1. The lowest BCUT2D eigenvalue weighted by Gasteiger charge is -2.27. The first-order chi connectivity index (χ1) is 17.9. The van der Waals surface area contributed by atoms with E-state index in [2.05, 4.69) is 17.4 Å². The van der Waals surface area contributed by atoms with Gasteiger partial charge in [-0.1, -0.05) is 26.3 Å². The van der Waals surface area contributed by atoms with Crippen LogP contribution >= 0.6 is 0 Å². The van der Waals surface area contributed by atoms with Gasteiger partial charge < -0.3 is 19.9 Å². The molecule has 0 radical (unpaired) electrons. The number of likely N-dealkylation sites (tertiary alicyclic amines) is 1. The first kappa shape index (κ1) is 27.3. The molecule has 2 aliphatic heterocycles. The number of carbonyl (C=O) groups is 1. The van der Waals surface area contributed by atoms with E-state index in [1.807, 2.05) is 18.7 Å². The number of benzene rings is 1. The molecule has 7 nitrogen and oxygen atoms in total. The van der Waals surface area contributed by atoms with Crippen molar-refractivity contribution in [3.8, 4) is 5.75 Å². The van der Waals surface area contributed by atoms with E-state index in [-0.39, 0.29) is 17.8 Å². The zero-order valence-corrected chi connectivity index (χ0v) is 22.3. The van der Waals surface area contributed by atoms with Gasteiger partial charge in [0.25, 0.3) is 0 Å². The SMILES string of the molecule is COc1c(F)cc(C(C)C)cc1C(C(=O)O)N1CCC(OCCCCCc2ccc3c(n2)NCCC3)C1. The molecule has 2 unspecified atom stereocenters. The summed E-state index contributed by atoms with van der Waals surface area (Å²) >= 11 is 0. The Labute approximate surface area is 219 Å². The van der Waals surface area contributed by atoms with Gasteiger partial charge in [-0.15, -0.1) is 0 Å². The van der Waals surface area contributed by atoms with Gasteiger partial charge in [-0.3, -0.25) is 9.69 Å². The second-order valence-corrected chi connectivity index (χ2v) is 10.4. The normalized spacial score (nSPS) is 18.5. The molecule has 0 spiro atoms. The summed E-state index contributed by atoms with van der Waals surface area (Å²) in [5.41, 5.74) is 3.57. The van der Waals surface area contributed by atoms with Crippen LogP contribution in [0.5, 0.6) is 5.75 Å². The second kappa shape index (κ2) is 12.7. The largest absolute Gasteiger partial charge is 0.493 e. The van der Waals surface area contributed by atoms with Crippen LogP contribution in [0.1, 0.15) is 80.3 Å². The predicted octanol–water partition coefficient (Wildman–Crippen LogP) is 5.34. The maximum Gasteiger partial charge on any atom is 0.325 e. The summed E-state index contributed by atoms with van der Waals surface area (Å²) in [7, 11) is 1.38. The second-order valence-electron chi connectivity index (χ2n) is 10.4. The van der Waals surface area contributed by atoms with Crippen LogP contribution in [0.3, 0.4) is 0 Å².